The molecule has 72 valence electrons. The Morgan fingerprint density at radius 3 is 2.46 bits per heavy atom. The molecule has 2 N–H and O–H groups in total. The van der Waals surface area contributed by atoms with Crippen LogP contribution < -0.4 is 10.6 Å². The maximum Gasteiger partial charge on any atom is 0.166 e. The minimum absolute atomic E-state index is 0.693. The van der Waals surface area contributed by atoms with E-state index in [0.29, 0.717) is 12.1 Å². The molecule has 3 rings (SSSR count). The van der Waals surface area contributed by atoms with E-state index in [0.717, 1.165) is 16.9 Å². The van der Waals surface area contributed by atoms with Crippen molar-refractivity contribution >= 4 is 17.3 Å². The molecule has 0 heterocycles. The second-order valence-electron chi connectivity index (χ2n) is 4.74. The van der Waals surface area contributed by atoms with Crippen molar-refractivity contribution in [3.8, 4) is 0 Å². The molecule has 13 heavy (non-hydrogen) atoms. The van der Waals surface area contributed by atoms with Gasteiger partial charge in [-0.1, -0.05) is 0 Å². The third-order valence-corrected chi connectivity index (χ3v) is 3.53. The van der Waals surface area contributed by atoms with Crippen LogP contribution in [0.1, 0.15) is 32.1 Å². The third-order valence-electron chi connectivity index (χ3n) is 3.30. The van der Waals surface area contributed by atoms with Crippen LogP contribution in [0.15, 0.2) is 0 Å². The summed E-state index contributed by atoms with van der Waals surface area (Å²) in [5, 5.41) is 7.64. The molecular formula is C10H16N2S. The van der Waals surface area contributed by atoms with E-state index in [2.05, 4.69) is 10.6 Å². The van der Waals surface area contributed by atoms with Gasteiger partial charge in [-0.3, -0.25) is 0 Å². The first-order valence-electron chi connectivity index (χ1n) is 5.40. The largest absolute Gasteiger partial charge is 0.360 e. The van der Waals surface area contributed by atoms with Crippen molar-refractivity contribution in [1.82, 2.24) is 10.6 Å². The number of thiocarbonyl (C=S) groups is 1. The monoisotopic (exact) mass is 196 g/mol. The lowest BCUT2D eigenvalue weighted by molar-refractivity contribution is 0.657. The molecule has 3 saturated carbocycles. The summed E-state index contributed by atoms with van der Waals surface area (Å²) < 4.78 is 0. The quantitative estimate of drug-likeness (QED) is 0.667. The highest BCUT2D eigenvalue weighted by Crippen LogP contribution is 2.49. The first kappa shape index (κ1) is 8.04. The molecule has 0 aromatic carbocycles. The van der Waals surface area contributed by atoms with E-state index < -0.39 is 0 Å². The molecule has 0 amide bonds. The molecule has 3 aliphatic rings. The van der Waals surface area contributed by atoms with E-state index in [1.807, 2.05) is 0 Å². The van der Waals surface area contributed by atoms with Gasteiger partial charge in [-0.25, -0.2) is 0 Å². The van der Waals surface area contributed by atoms with E-state index in [9.17, 15) is 0 Å². The maximum atomic E-state index is 5.22. The number of nitrogens with one attached hydrogen (secondary N) is 2. The molecule has 0 aliphatic heterocycles. The molecule has 2 atom stereocenters. The summed E-state index contributed by atoms with van der Waals surface area (Å²) in [7, 11) is 0. The summed E-state index contributed by atoms with van der Waals surface area (Å²) in [4.78, 5) is 0. The topological polar surface area (TPSA) is 24.1 Å². The van der Waals surface area contributed by atoms with E-state index in [4.69, 9.17) is 12.2 Å². The predicted octanol–water partition coefficient (Wildman–Crippen LogP) is 1.41. The molecular weight excluding hydrogens is 180 g/mol. The highest BCUT2D eigenvalue weighted by Gasteiger charge is 2.47. The van der Waals surface area contributed by atoms with Gasteiger partial charge in [-0.2, -0.15) is 0 Å². The average molecular weight is 196 g/mol. The predicted molar refractivity (Wildman–Crippen MR) is 56.5 cm³/mol. The average Bonchev–Trinajstić information content (AvgIpc) is 2.91. The molecule has 0 radical (unpaired) electrons. The third kappa shape index (κ3) is 1.96. The maximum absolute atomic E-state index is 5.22. The summed E-state index contributed by atoms with van der Waals surface area (Å²) in [5.74, 6) is 2.00. The van der Waals surface area contributed by atoms with Gasteiger partial charge < -0.3 is 10.6 Å². The van der Waals surface area contributed by atoms with E-state index in [1.54, 1.807) is 0 Å². The first-order valence-corrected chi connectivity index (χ1v) is 5.81. The van der Waals surface area contributed by atoms with Crippen LogP contribution in [-0.2, 0) is 0 Å². The molecule has 3 aliphatic carbocycles. The number of hydrogen-bond donors (Lipinski definition) is 2. The molecule has 3 heteroatoms. The summed E-state index contributed by atoms with van der Waals surface area (Å²) in [6, 6.07) is 1.41. The molecule has 0 spiro atoms. The van der Waals surface area contributed by atoms with E-state index in [1.165, 1.54) is 32.1 Å². The lowest BCUT2D eigenvalue weighted by Crippen LogP contribution is -2.38. The second-order valence-corrected chi connectivity index (χ2v) is 5.14. The Kier molecular flexibility index (Phi) is 1.76. The van der Waals surface area contributed by atoms with Crippen LogP contribution in [0.2, 0.25) is 0 Å². The normalized spacial score (nSPS) is 36.9. The van der Waals surface area contributed by atoms with Crippen molar-refractivity contribution < 1.29 is 0 Å². The fourth-order valence-corrected chi connectivity index (χ4v) is 2.37. The zero-order valence-electron chi connectivity index (χ0n) is 7.75. The Morgan fingerprint density at radius 1 is 1.08 bits per heavy atom. The van der Waals surface area contributed by atoms with Gasteiger partial charge in [0.05, 0.1) is 0 Å². The van der Waals surface area contributed by atoms with Gasteiger partial charge in [0.1, 0.15) is 0 Å². The summed E-state index contributed by atoms with van der Waals surface area (Å²) >= 11 is 5.22. The van der Waals surface area contributed by atoms with Gasteiger partial charge in [-0.05, 0) is 56.2 Å². The highest BCUT2D eigenvalue weighted by molar-refractivity contribution is 7.80. The molecule has 0 saturated heterocycles. The summed E-state index contributed by atoms with van der Waals surface area (Å²) in [6.45, 7) is 0. The standard InChI is InChI=1S/C10H16N2S/c13-10(11-7-3-4-7)12-9-5-8(9)6-1-2-6/h6-9H,1-5H2,(H2,11,12,13)/t8-,9+/m0/s1. The zero-order valence-corrected chi connectivity index (χ0v) is 8.57. The summed E-state index contributed by atoms with van der Waals surface area (Å²) in [6.07, 6.45) is 6.89. The molecule has 0 aromatic heterocycles. The van der Waals surface area contributed by atoms with E-state index >= 15 is 0 Å². The Balaban J connectivity index is 1.39. The molecule has 0 bridgehead atoms. The minimum atomic E-state index is 0.693. The van der Waals surface area contributed by atoms with Crippen LogP contribution in [0.3, 0.4) is 0 Å². The van der Waals surface area contributed by atoms with Crippen LogP contribution in [0.5, 0.6) is 0 Å². The van der Waals surface area contributed by atoms with Gasteiger partial charge in [0.2, 0.25) is 0 Å². The van der Waals surface area contributed by atoms with Gasteiger partial charge in [0.15, 0.2) is 5.11 Å². The minimum Gasteiger partial charge on any atom is -0.360 e. The molecule has 0 unspecified atom stereocenters. The van der Waals surface area contributed by atoms with Crippen molar-refractivity contribution in [2.24, 2.45) is 11.8 Å². The lowest BCUT2D eigenvalue weighted by atomic mass is 10.3. The van der Waals surface area contributed by atoms with Crippen LogP contribution in [-0.4, -0.2) is 17.2 Å². The van der Waals surface area contributed by atoms with E-state index in [-0.39, 0.29) is 0 Å². The number of hydrogen-bond acceptors (Lipinski definition) is 1. The lowest BCUT2D eigenvalue weighted by Gasteiger charge is -2.08. The molecule has 3 fully saturated rings. The van der Waals surface area contributed by atoms with Crippen molar-refractivity contribution in [2.75, 3.05) is 0 Å². The highest BCUT2D eigenvalue weighted by atomic mass is 32.1. The Hall–Kier alpha value is -0.310. The second kappa shape index (κ2) is 2.84. The Labute approximate surface area is 84.5 Å². The van der Waals surface area contributed by atoms with Crippen LogP contribution in [0, 0.1) is 11.8 Å². The number of rotatable bonds is 3. The van der Waals surface area contributed by atoms with Gasteiger partial charge in [0, 0.05) is 12.1 Å². The fourth-order valence-electron chi connectivity index (χ4n) is 2.05. The van der Waals surface area contributed by atoms with Crippen LogP contribution >= 0.6 is 12.2 Å². The van der Waals surface area contributed by atoms with Crippen LogP contribution in [0.4, 0.5) is 0 Å². The molecule has 2 nitrogen and oxygen atoms in total. The Bertz CT molecular complexity index is 233. The van der Waals surface area contributed by atoms with Crippen molar-refractivity contribution in [3.63, 3.8) is 0 Å². The van der Waals surface area contributed by atoms with Gasteiger partial charge in [0.25, 0.3) is 0 Å². The van der Waals surface area contributed by atoms with Gasteiger partial charge >= 0.3 is 0 Å². The van der Waals surface area contributed by atoms with Crippen molar-refractivity contribution in [2.45, 2.75) is 44.2 Å². The van der Waals surface area contributed by atoms with Crippen LogP contribution in [0.25, 0.3) is 0 Å². The fraction of sp³-hybridized carbons (Fsp3) is 0.900. The van der Waals surface area contributed by atoms with Crippen molar-refractivity contribution in [3.05, 3.63) is 0 Å². The Morgan fingerprint density at radius 2 is 1.85 bits per heavy atom. The SMILES string of the molecule is S=C(NC1CC1)N[C@@H]1C[C@H]1C1CC1. The van der Waals surface area contributed by atoms with Gasteiger partial charge in [-0.15, -0.1) is 0 Å². The van der Waals surface area contributed by atoms with Crippen molar-refractivity contribution in [1.29, 1.82) is 0 Å². The first-order chi connectivity index (χ1) is 6.33. The zero-order chi connectivity index (χ0) is 8.84. The smallest absolute Gasteiger partial charge is 0.166 e. The molecule has 0 aromatic rings. The summed E-state index contributed by atoms with van der Waals surface area (Å²) in [5.41, 5.74) is 0.